The number of pyridine rings is 1. The summed E-state index contributed by atoms with van der Waals surface area (Å²) in [4.78, 5) is 61.2. The molecule has 4 N–H and O–H groups in total. The average Bonchev–Trinajstić information content (AvgIpc) is 3.63. The Labute approximate surface area is 265 Å². The molecule has 13 nitrogen and oxygen atoms in total. The number of nitrogens with one attached hydrogen (secondary N) is 2. The summed E-state index contributed by atoms with van der Waals surface area (Å²) < 4.78 is 11.3. The molecule has 4 atom stereocenters. The van der Waals surface area contributed by atoms with Gasteiger partial charge in [-0.25, -0.2) is 9.59 Å². The van der Waals surface area contributed by atoms with Gasteiger partial charge in [-0.05, 0) is 42.2 Å². The Bertz CT molecular complexity index is 1180. The third kappa shape index (κ3) is 9.32. The Morgan fingerprint density at radius 3 is 2.49 bits per heavy atom. The van der Waals surface area contributed by atoms with Crippen LogP contribution in [0, 0.1) is 11.3 Å². The van der Waals surface area contributed by atoms with Crippen molar-refractivity contribution in [3.8, 4) is 0 Å². The summed E-state index contributed by atoms with van der Waals surface area (Å²) in [5.41, 5.74) is 1.45. The van der Waals surface area contributed by atoms with E-state index < -0.39 is 55.2 Å². The number of hydrogen-bond acceptors (Lipinski definition) is 9. The van der Waals surface area contributed by atoms with Crippen LogP contribution in [-0.2, 0) is 32.2 Å². The maximum absolute atomic E-state index is 14.3. The van der Waals surface area contributed by atoms with Crippen LogP contribution in [0.1, 0.15) is 90.3 Å². The molecule has 1 saturated heterocycles. The van der Waals surface area contributed by atoms with Crippen LogP contribution in [0.5, 0.6) is 0 Å². The fourth-order valence-electron chi connectivity index (χ4n) is 6.28. The minimum atomic E-state index is -1.78. The highest BCUT2D eigenvalue weighted by molar-refractivity contribution is 6.43. The van der Waals surface area contributed by atoms with Crippen molar-refractivity contribution in [2.75, 3.05) is 13.2 Å². The molecule has 3 aliphatic rings. The quantitative estimate of drug-likeness (QED) is 0.284. The van der Waals surface area contributed by atoms with Crippen molar-refractivity contribution >= 4 is 31.1 Å². The summed E-state index contributed by atoms with van der Waals surface area (Å²) in [6, 6.07) is 1.72. The van der Waals surface area contributed by atoms with Crippen LogP contribution in [-0.4, -0.2) is 93.2 Å². The van der Waals surface area contributed by atoms with E-state index >= 15 is 0 Å². The number of hydrogen-bond donors (Lipinski definition) is 4. The molecule has 0 bridgehead atoms. The number of aromatic nitrogens is 1. The van der Waals surface area contributed by atoms with Crippen molar-refractivity contribution in [1.82, 2.24) is 25.4 Å². The lowest BCUT2D eigenvalue weighted by Gasteiger charge is -2.34. The van der Waals surface area contributed by atoms with Crippen LogP contribution < -0.4 is 10.6 Å². The molecule has 2 fully saturated rings. The predicted octanol–water partition coefficient (Wildman–Crippen LogP) is 2.52. The minimum Gasteiger partial charge on any atom is -0.449 e. The van der Waals surface area contributed by atoms with Gasteiger partial charge in [0.05, 0.1) is 37.9 Å². The van der Waals surface area contributed by atoms with E-state index in [1.54, 1.807) is 6.20 Å². The largest absolute Gasteiger partial charge is 0.475 e. The lowest BCUT2D eigenvalue weighted by atomic mass is 9.76. The molecule has 0 radical (unpaired) electrons. The maximum atomic E-state index is 14.3. The molecule has 0 unspecified atom stereocenters. The van der Waals surface area contributed by atoms with Crippen LogP contribution in [0.25, 0.3) is 0 Å². The van der Waals surface area contributed by atoms with Gasteiger partial charge in [-0.1, -0.05) is 59.4 Å². The predicted molar refractivity (Wildman–Crippen MR) is 165 cm³/mol. The van der Waals surface area contributed by atoms with Crippen molar-refractivity contribution in [3.05, 3.63) is 29.6 Å². The first-order valence-corrected chi connectivity index (χ1v) is 16.1. The Morgan fingerprint density at radius 2 is 1.84 bits per heavy atom. The van der Waals surface area contributed by atoms with Gasteiger partial charge in [0.1, 0.15) is 18.2 Å². The fourth-order valence-corrected chi connectivity index (χ4v) is 6.28. The number of nitrogens with zero attached hydrogens (tertiary/aromatic N) is 3. The number of rotatable bonds is 10. The Kier molecular flexibility index (Phi) is 11.7. The normalized spacial score (nSPS) is 21.5. The Morgan fingerprint density at radius 1 is 1.11 bits per heavy atom. The number of carbonyl (C=O) groups excluding carboxylic acids is 4. The van der Waals surface area contributed by atoms with Gasteiger partial charge in [-0.2, -0.15) is 0 Å². The number of amides is 4. The summed E-state index contributed by atoms with van der Waals surface area (Å²) in [6.07, 6.45) is 4.86. The number of carbonyl (C=O) groups is 4. The molecule has 0 spiro atoms. The van der Waals surface area contributed by atoms with Gasteiger partial charge in [-0.3, -0.25) is 19.5 Å². The first-order valence-electron chi connectivity index (χ1n) is 16.1. The third-order valence-corrected chi connectivity index (χ3v) is 8.64. The lowest BCUT2D eigenvalue weighted by molar-refractivity contribution is -0.141. The van der Waals surface area contributed by atoms with Crippen LogP contribution >= 0.6 is 0 Å². The second-order valence-electron chi connectivity index (χ2n) is 13.7. The Balaban J connectivity index is 1.53. The molecule has 248 valence electrons. The summed E-state index contributed by atoms with van der Waals surface area (Å²) in [5.74, 6) is -2.12. The van der Waals surface area contributed by atoms with Crippen molar-refractivity contribution < 1.29 is 38.7 Å². The standard InChI is InChI=1S/C31H48BN5O8/c1-5-10-25(32(42)43)34-27(38)24-15-22(45-30(41)36-16-21-13-9-14-33-23(21)18-36)17-37(24)28(39)26(20-11-7-6-8-12-20)35-29(40)44-19-31(2,3)4/h9,13-14,20,22,24-26,42-43H,5-8,10-12,15-19H2,1-4H3,(H,34,38)(H,35,40)/t22-,24+,25+,26+/m1/s1. The van der Waals surface area contributed by atoms with Crippen molar-refractivity contribution in [1.29, 1.82) is 0 Å². The van der Waals surface area contributed by atoms with Crippen molar-refractivity contribution in [2.45, 2.75) is 116 Å². The van der Waals surface area contributed by atoms with Gasteiger partial charge in [0.15, 0.2) is 0 Å². The van der Waals surface area contributed by atoms with Crippen molar-refractivity contribution in [3.63, 3.8) is 0 Å². The highest BCUT2D eigenvalue weighted by Crippen LogP contribution is 2.31. The molecule has 1 saturated carbocycles. The Hall–Kier alpha value is -3.39. The molecule has 45 heavy (non-hydrogen) atoms. The van der Waals surface area contributed by atoms with Gasteiger partial charge in [0, 0.05) is 12.6 Å². The minimum absolute atomic E-state index is 0.0224. The first-order chi connectivity index (χ1) is 21.4. The van der Waals surface area contributed by atoms with E-state index in [1.165, 1.54) is 9.80 Å². The fraction of sp³-hybridized carbons (Fsp3) is 0.710. The number of fused-ring (bicyclic) bond motifs is 1. The summed E-state index contributed by atoms with van der Waals surface area (Å²) in [7, 11) is -1.78. The molecular formula is C31H48BN5O8. The van der Waals surface area contributed by atoms with Gasteiger partial charge >= 0.3 is 19.3 Å². The molecule has 3 heterocycles. The molecule has 1 aromatic rings. The highest BCUT2D eigenvalue weighted by atomic mass is 16.6. The highest BCUT2D eigenvalue weighted by Gasteiger charge is 2.46. The van der Waals surface area contributed by atoms with Crippen molar-refractivity contribution in [2.24, 2.45) is 11.3 Å². The second-order valence-corrected chi connectivity index (χ2v) is 13.7. The summed E-state index contributed by atoms with van der Waals surface area (Å²) >= 11 is 0. The molecular weight excluding hydrogens is 581 g/mol. The zero-order chi connectivity index (χ0) is 32.7. The molecule has 0 aromatic carbocycles. The molecule has 2 aliphatic heterocycles. The average molecular weight is 630 g/mol. The SMILES string of the molecule is CCC[C@H](NC(=O)[C@@H]1C[C@@H](OC(=O)N2Cc3cccnc3C2)CN1C(=O)[C@@H](NC(=O)OCC(C)(C)C)C1CCCCC1)B(O)O. The van der Waals surface area contributed by atoms with Gasteiger partial charge in [0.25, 0.3) is 0 Å². The zero-order valence-electron chi connectivity index (χ0n) is 26.9. The number of alkyl carbamates (subject to hydrolysis) is 1. The third-order valence-electron chi connectivity index (χ3n) is 8.64. The molecule has 1 aromatic heterocycles. The van der Waals surface area contributed by atoms with Gasteiger partial charge in [-0.15, -0.1) is 0 Å². The zero-order valence-corrected chi connectivity index (χ0v) is 26.9. The first kappa shape index (κ1) is 34.5. The topological polar surface area (TPSA) is 171 Å². The van der Waals surface area contributed by atoms with Gasteiger partial charge < -0.3 is 35.1 Å². The van der Waals surface area contributed by atoms with E-state index in [0.29, 0.717) is 25.9 Å². The smallest absolute Gasteiger partial charge is 0.449 e. The summed E-state index contributed by atoms with van der Waals surface area (Å²) in [5, 5.41) is 25.2. The van der Waals surface area contributed by atoms with E-state index in [4.69, 9.17) is 9.47 Å². The number of likely N-dealkylation sites (tertiary alicyclic amines) is 1. The second kappa shape index (κ2) is 15.3. The van der Waals surface area contributed by atoms with Crippen LogP contribution in [0.4, 0.5) is 9.59 Å². The molecule has 4 rings (SSSR count). The van der Waals surface area contributed by atoms with Crippen LogP contribution in [0.3, 0.4) is 0 Å². The van der Waals surface area contributed by atoms with E-state index in [1.807, 2.05) is 39.8 Å². The molecule has 14 heteroatoms. The van der Waals surface area contributed by atoms with E-state index in [2.05, 4.69) is 15.6 Å². The maximum Gasteiger partial charge on any atom is 0.475 e. The summed E-state index contributed by atoms with van der Waals surface area (Å²) in [6.45, 7) is 8.42. The van der Waals surface area contributed by atoms with E-state index in [0.717, 1.165) is 43.4 Å². The monoisotopic (exact) mass is 629 g/mol. The van der Waals surface area contributed by atoms with Gasteiger partial charge in [0.2, 0.25) is 11.8 Å². The molecule has 1 aliphatic carbocycles. The lowest BCUT2D eigenvalue weighted by Crippen LogP contribution is -2.58. The molecule has 4 amide bonds. The van der Waals surface area contributed by atoms with Crippen LogP contribution in [0.15, 0.2) is 18.3 Å². The van der Waals surface area contributed by atoms with E-state index in [9.17, 15) is 29.2 Å². The van der Waals surface area contributed by atoms with E-state index in [-0.39, 0.29) is 30.9 Å². The van der Waals surface area contributed by atoms with Crippen LogP contribution in [0.2, 0.25) is 0 Å². The number of ether oxygens (including phenoxy) is 2.